The summed E-state index contributed by atoms with van der Waals surface area (Å²) in [5, 5.41) is 0. The van der Waals surface area contributed by atoms with E-state index in [-0.39, 0.29) is 0 Å². The van der Waals surface area contributed by atoms with Crippen LogP contribution in [-0.4, -0.2) is 31.1 Å². The zero-order valence-corrected chi connectivity index (χ0v) is 10.5. The first-order valence-corrected chi connectivity index (χ1v) is 6.29. The molecule has 0 fully saturated rings. The number of nitrogens with two attached hydrogens (primary N) is 1. The molecule has 0 amide bonds. The van der Waals surface area contributed by atoms with Gasteiger partial charge in [-0.15, -0.1) is 0 Å². The highest BCUT2D eigenvalue weighted by Crippen LogP contribution is 2.20. The molecular weight excluding hydrogens is 196 g/mol. The Morgan fingerprint density at radius 1 is 1.19 bits per heavy atom. The molecule has 2 N–H and O–H groups in total. The van der Waals surface area contributed by atoms with Crippen LogP contribution in [0, 0.1) is 0 Å². The normalized spacial score (nSPS) is 13.0. The standard InChI is InChI=1S/C14H24N2/c1-3-13(12-16(4-2)11-10-15)14-8-6-5-7-9-14/h5-9,13H,3-4,10-12,15H2,1-2H3. The number of hydrogen-bond donors (Lipinski definition) is 1. The summed E-state index contributed by atoms with van der Waals surface area (Å²) < 4.78 is 0. The third kappa shape index (κ3) is 3.95. The monoisotopic (exact) mass is 220 g/mol. The molecule has 1 rings (SSSR count). The fourth-order valence-corrected chi connectivity index (χ4v) is 2.07. The van der Waals surface area contributed by atoms with Crippen LogP contribution in [0.15, 0.2) is 30.3 Å². The Hall–Kier alpha value is -0.860. The van der Waals surface area contributed by atoms with Gasteiger partial charge in [0.25, 0.3) is 0 Å². The van der Waals surface area contributed by atoms with Crippen molar-refractivity contribution in [3.8, 4) is 0 Å². The minimum Gasteiger partial charge on any atom is -0.329 e. The third-order valence-electron chi connectivity index (χ3n) is 3.13. The van der Waals surface area contributed by atoms with Gasteiger partial charge in [0.05, 0.1) is 0 Å². The van der Waals surface area contributed by atoms with Crippen LogP contribution in [0.5, 0.6) is 0 Å². The molecule has 1 aromatic carbocycles. The van der Waals surface area contributed by atoms with Gasteiger partial charge in [-0.05, 0) is 24.4 Å². The molecule has 0 aromatic heterocycles. The van der Waals surface area contributed by atoms with E-state index >= 15 is 0 Å². The van der Waals surface area contributed by atoms with Crippen LogP contribution in [-0.2, 0) is 0 Å². The van der Waals surface area contributed by atoms with E-state index in [0.717, 1.165) is 26.2 Å². The summed E-state index contributed by atoms with van der Waals surface area (Å²) in [6, 6.07) is 10.8. The van der Waals surface area contributed by atoms with Crippen LogP contribution < -0.4 is 5.73 Å². The Balaban J connectivity index is 2.61. The summed E-state index contributed by atoms with van der Waals surface area (Å²) in [5.41, 5.74) is 7.06. The molecule has 2 nitrogen and oxygen atoms in total. The molecule has 1 unspecified atom stereocenters. The Kier molecular flexibility index (Phi) is 6.12. The molecule has 1 atom stereocenters. The average Bonchev–Trinajstić information content (AvgIpc) is 2.35. The average molecular weight is 220 g/mol. The maximum atomic E-state index is 5.62. The van der Waals surface area contributed by atoms with Crippen molar-refractivity contribution in [3.05, 3.63) is 35.9 Å². The van der Waals surface area contributed by atoms with E-state index in [1.165, 1.54) is 12.0 Å². The van der Waals surface area contributed by atoms with E-state index in [9.17, 15) is 0 Å². The molecule has 0 bridgehead atoms. The molecule has 0 spiro atoms. The van der Waals surface area contributed by atoms with E-state index in [1.54, 1.807) is 0 Å². The van der Waals surface area contributed by atoms with Crippen LogP contribution >= 0.6 is 0 Å². The van der Waals surface area contributed by atoms with E-state index < -0.39 is 0 Å². The first-order valence-electron chi connectivity index (χ1n) is 6.29. The van der Waals surface area contributed by atoms with Crippen LogP contribution in [0.25, 0.3) is 0 Å². The van der Waals surface area contributed by atoms with Gasteiger partial charge in [-0.25, -0.2) is 0 Å². The molecule has 0 saturated carbocycles. The van der Waals surface area contributed by atoms with Crippen molar-refractivity contribution < 1.29 is 0 Å². The zero-order chi connectivity index (χ0) is 11.8. The number of likely N-dealkylation sites (N-methyl/N-ethyl adjacent to an activating group) is 1. The molecule has 16 heavy (non-hydrogen) atoms. The summed E-state index contributed by atoms with van der Waals surface area (Å²) >= 11 is 0. The smallest absolute Gasteiger partial charge is 0.0105 e. The predicted octanol–water partition coefficient (Wildman–Crippen LogP) is 2.46. The molecule has 2 heteroatoms. The van der Waals surface area contributed by atoms with Crippen LogP contribution in [0.4, 0.5) is 0 Å². The van der Waals surface area contributed by atoms with Gasteiger partial charge in [0.1, 0.15) is 0 Å². The minimum atomic E-state index is 0.632. The molecular formula is C14H24N2. The summed E-state index contributed by atoms with van der Waals surface area (Å²) in [7, 11) is 0. The summed E-state index contributed by atoms with van der Waals surface area (Å²) in [6.45, 7) is 8.41. The zero-order valence-electron chi connectivity index (χ0n) is 10.5. The van der Waals surface area contributed by atoms with Crippen molar-refractivity contribution in [2.24, 2.45) is 5.73 Å². The molecule has 0 saturated heterocycles. The Bertz CT molecular complexity index is 271. The highest BCUT2D eigenvalue weighted by atomic mass is 15.1. The lowest BCUT2D eigenvalue weighted by atomic mass is 9.96. The van der Waals surface area contributed by atoms with Crippen LogP contribution in [0.2, 0.25) is 0 Å². The largest absolute Gasteiger partial charge is 0.329 e. The Morgan fingerprint density at radius 2 is 1.88 bits per heavy atom. The number of rotatable bonds is 7. The second-order valence-corrected chi connectivity index (χ2v) is 4.20. The van der Waals surface area contributed by atoms with Crippen LogP contribution in [0.1, 0.15) is 31.7 Å². The number of hydrogen-bond acceptors (Lipinski definition) is 2. The lowest BCUT2D eigenvalue weighted by Gasteiger charge is -2.25. The topological polar surface area (TPSA) is 29.3 Å². The molecule has 0 aliphatic heterocycles. The lowest BCUT2D eigenvalue weighted by molar-refractivity contribution is 0.273. The van der Waals surface area contributed by atoms with Gasteiger partial charge in [-0.2, -0.15) is 0 Å². The Morgan fingerprint density at radius 3 is 2.38 bits per heavy atom. The fraction of sp³-hybridized carbons (Fsp3) is 0.571. The highest BCUT2D eigenvalue weighted by Gasteiger charge is 2.12. The van der Waals surface area contributed by atoms with Gasteiger partial charge >= 0.3 is 0 Å². The summed E-state index contributed by atoms with van der Waals surface area (Å²) in [6.07, 6.45) is 1.19. The van der Waals surface area contributed by atoms with Crippen molar-refractivity contribution in [2.45, 2.75) is 26.2 Å². The van der Waals surface area contributed by atoms with Gasteiger partial charge < -0.3 is 10.6 Å². The van der Waals surface area contributed by atoms with E-state index in [2.05, 4.69) is 49.1 Å². The van der Waals surface area contributed by atoms with E-state index in [0.29, 0.717) is 5.92 Å². The van der Waals surface area contributed by atoms with E-state index in [1.807, 2.05) is 0 Å². The highest BCUT2D eigenvalue weighted by molar-refractivity contribution is 5.19. The second kappa shape index (κ2) is 7.42. The fourth-order valence-electron chi connectivity index (χ4n) is 2.07. The predicted molar refractivity (Wildman–Crippen MR) is 70.6 cm³/mol. The van der Waals surface area contributed by atoms with Gasteiger partial charge in [0, 0.05) is 19.6 Å². The molecule has 0 heterocycles. The van der Waals surface area contributed by atoms with E-state index in [4.69, 9.17) is 5.73 Å². The van der Waals surface area contributed by atoms with Crippen molar-refractivity contribution in [1.82, 2.24) is 4.90 Å². The SMILES string of the molecule is CCC(CN(CC)CCN)c1ccccc1. The van der Waals surface area contributed by atoms with Crippen molar-refractivity contribution in [3.63, 3.8) is 0 Å². The molecule has 0 radical (unpaired) electrons. The van der Waals surface area contributed by atoms with Gasteiger partial charge in [-0.1, -0.05) is 44.2 Å². The molecule has 0 aliphatic carbocycles. The van der Waals surface area contributed by atoms with Gasteiger partial charge in [0.15, 0.2) is 0 Å². The van der Waals surface area contributed by atoms with Gasteiger partial charge in [-0.3, -0.25) is 0 Å². The van der Waals surface area contributed by atoms with Crippen molar-refractivity contribution in [2.75, 3.05) is 26.2 Å². The Labute approximate surface area is 99.5 Å². The third-order valence-corrected chi connectivity index (χ3v) is 3.13. The van der Waals surface area contributed by atoms with Crippen LogP contribution in [0.3, 0.4) is 0 Å². The summed E-state index contributed by atoms with van der Waals surface area (Å²) in [4.78, 5) is 2.43. The first-order chi connectivity index (χ1) is 7.81. The lowest BCUT2D eigenvalue weighted by Crippen LogP contribution is -2.33. The summed E-state index contributed by atoms with van der Waals surface area (Å²) in [5.74, 6) is 0.632. The quantitative estimate of drug-likeness (QED) is 0.765. The second-order valence-electron chi connectivity index (χ2n) is 4.20. The number of nitrogens with zero attached hydrogens (tertiary/aromatic N) is 1. The maximum absolute atomic E-state index is 5.62. The minimum absolute atomic E-state index is 0.632. The maximum Gasteiger partial charge on any atom is 0.0105 e. The first kappa shape index (κ1) is 13.2. The van der Waals surface area contributed by atoms with Gasteiger partial charge in [0.2, 0.25) is 0 Å². The molecule has 1 aromatic rings. The van der Waals surface area contributed by atoms with Crippen molar-refractivity contribution >= 4 is 0 Å². The molecule has 90 valence electrons. The van der Waals surface area contributed by atoms with Crippen molar-refractivity contribution in [1.29, 1.82) is 0 Å². The number of benzene rings is 1. The molecule has 0 aliphatic rings.